The van der Waals surface area contributed by atoms with E-state index in [1.807, 2.05) is 0 Å². The molecule has 2 aliphatic carbocycles. The van der Waals surface area contributed by atoms with Gasteiger partial charge in [0.05, 0.1) is 42.1 Å². The van der Waals surface area contributed by atoms with E-state index in [9.17, 15) is 39.9 Å². The first-order valence-electron chi connectivity index (χ1n) is 12.4. The molecule has 5 rings (SSSR count). The van der Waals surface area contributed by atoms with Crippen LogP contribution < -0.4 is 10.5 Å². The van der Waals surface area contributed by atoms with Gasteiger partial charge in [0.2, 0.25) is 5.78 Å². The molecule has 0 radical (unpaired) electrons. The predicted molar refractivity (Wildman–Crippen MR) is 132 cm³/mol. The van der Waals surface area contributed by atoms with Crippen LogP contribution in [0.1, 0.15) is 68.8 Å². The van der Waals surface area contributed by atoms with Crippen LogP contribution in [0.25, 0.3) is 0 Å². The molecule has 7 N–H and O–H groups in total. The van der Waals surface area contributed by atoms with Gasteiger partial charge in [-0.25, -0.2) is 0 Å². The first kappa shape index (κ1) is 27.2. The van der Waals surface area contributed by atoms with Crippen molar-refractivity contribution in [2.75, 3.05) is 13.7 Å². The maximum atomic E-state index is 13.6. The minimum Gasteiger partial charge on any atom is -0.507 e. The number of carbonyl (C=O) groups is 3. The van der Waals surface area contributed by atoms with E-state index < -0.39 is 95.7 Å². The standard InChI is InChI=1S/C27H29NO11/c1-10-22(31)13(28)6-17(38-10)39-15-8-27(36,16(30)9-29)7-12-19(15)26(35)21-20(24(12)33)23(32)11-4-3-5-14(37-2)18(11)25(21)34/h3-5,10,13,15,17,22,29,31,33,35-36H,6-9,28H2,1-2H3/t10-,13-,15+,17?,22+,27-/m0/s1. The molecule has 0 saturated carbocycles. The molecule has 208 valence electrons. The normalized spacial score (nSPS) is 29.8. The predicted octanol–water partition coefficient (Wildman–Crippen LogP) is 0.00130. The lowest BCUT2D eigenvalue weighted by molar-refractivity contribution is -0.247. The number of methoxy groups -OCH3 is 1. The molecule has 0 amide bonds. The molecule has 1 heterocycles. The van der Waals surface area contributed by atoms with Crippen LogP contribution in [0.2, 0.25) is 0 Å². The van der Waals surface area contributed by atoms with Crippen molar-refractivity contribution in [3.8, 4) is 17.2 Å². The Labute approximate surface area is 222 Å². The van der Waals surface area contributed by atoms with Crippen molar-refractivity contribution in [3.05, 3.63) is 51.6 Å². The van der Waals surface area contributed by atoms with Crippen molar-refractivity contribution in [1.29, 1.82) is 0 Å². The summed E-state index contributed by atoms with van der Waals surface area (Å²) in [6.45, 7) is 0.560. The van der Waals surface area contributed by atoms with Crippen molar-refractivity contribution in [2.24, 2.45) is 5.73 Å². The average molecular weight is 544 g/mol. The van der Waals surface area contributed by atoms with Crippen LogP contribution in [0, 0.1) is 0 Å². The van der Waals surface area contributed by atoms with Crippen molar-refractivity contribution < 1.29 is 54.1 Å². The Morgan fingerprint density at radius 1 is 1.15 bits per heavy atom. The molecule has 1 fully saturated rings. The number of rotatable bonds is 5. The van der Waals surface area contributed by atoms with Crippen LogP contribution in [-0.4, -0.2) is 86.7 Å². The zero-order chi connectivity index (χ0) is 28.4. The Balaban J connectivity index is 1.69. The van der Waals surface area contributed by atoms with E-state index in [0.717, 1.165) is 0 Å². The maximum absolute atomic E-state index is 13.6. The van der Waals surface area contributed by atoms with Crippen LogP contribution in [-0.2, 0) is 20.7 Å². The van der Waals surface area contributed by atoms with Gasteiger partial charge in [-0.15, -0.1) is 0 Å². The number of aromatic hydroxyl groups is 2. The molecular weight excluding hydrogens is 514 g/mol. The van der Waals surface area contributed by atoms with E-state index in [1.54, 1.807) is 6.92 Å². The highest BCUT2D eigenvalue weighted by atomic mass is 16.7. The Morgan fingerprint density at radius 3 is 2.49 bits per heavy atom. The summed E-state index contributed by atoms with van der Waals surface area (Å²) in [4.78, 5) is 39.7. The number of fused-ring (bicyclic) bond motifs is 3. The number of nitrogens with two attached hydrogens (primary N) is 1. The molecule has 12 nitrogen and oxygen atoms in total. The smallest absolute Gasteiger partial charge is 0.202 e. The summed E-state index contributed by atoms with van der Waals surface area (Å²) >= 11 is 0. The van der Waals surface area contributed by atoms with E-state index in [2.05, 4.69) is 0 Å². The number of hydrogen-bond acceptors (Lipinski definition) is 12. The maximum Gasteiger partial charge on any atom is 0.202 e. The third-order valence-corrected chi connectivity index (χ3v) is 7.81. The fourth-order valence-electron chi connectivity index (χ4n) is 5.75. The third-order valence-electron chi connectivity index (χ3n) is 7.81. The van der Waals surface area contributed by atoms with Gasteiger partial charge in [0.25, 0.3) is 0 Å². The highest BCUT2D eigenvalue weighted by molar-refractivity contribution is 6.31. The summed E-state index contributed by atoms with van der Waals surface area (Å²) in [5.41, 5.74) is 2.37. The van der Waals surface area contributed by atoms with Crippen molar-refractivity contribution in [1.82, 2.24) is 0 Å². The summed E-state index contributed by atoms with van der Waals surface area (Å²) in [5.74, 6) is -3.77. The molecule has 1 aliphatic heterocycles. The van der Waals surface area contributed by atoms with E-state index in [1.165, 1.54) is 25.3 Å². The lowest BCUT2D eigenvalue weighted by Crippen LogP contribution is -2.53. The molecule has 12 heteroatoms. The van der Waals surface area contributed by atoms with Crippen molar-refractivity contribution >= 4 is 17.3 Å². The van der Waals surface area contributed by atoms with Gasteiger partial charge in [0.15, 0.2) is 17.9 Å². The van der Waals surface area contributed by atoms with Crippen LogP contribution >= 0.6 is 0 Å². The van der Waals surface area contributed by atoms with E-state index in [0.29, 0.717) is 0 Å². The first-order chi connectivity index (χ1) is 18.4. The number of phenols is 2. The monoisotopic (exact) mass is 543 g/mol. The highest BCUT2D eigenvalue weighted by Gasteiger charge is 2.50. The summed E-state index contributed by atoms with van der Waals surface area (Å²) < 4.78 is 17.0. The Kier molecular flexibility index (Phi) is 6.74. The quantitative estimate of drug-likeness (QED) is 0.235. The van der Waals surface area contributed by atoms with Crippen LogP contribution in [0.4, 0.5) is 0 Å². The molecule has 0 spiro atoms. The SMILES string of the molecule is COc1cccc2c1C(=O)c1c(O)c3c(c(O)c1C2=O)C[C@@](O)(C(=O)CO)C[C@H]3OC1C[C@H](N)[C@H](O)[C@H](C)O1. The number of aliphatic hydroxyl groups excluding tert-OH is 2. The molecule has 6 atom stereocenters. The van der Waals surface area contributed by atoms with Gasteiger partial charge in [-0.3, -0.25) is 14.4 Å². The first-order valence-corrected chi connectivity index (χ1v) is 12.4. The zero-order valence-electron chi connectivity index (χ0n) is 21.2. The highest BCUT2D eigenvalue weighted by Crippen LogP contribution is 2.52. The van der Waals surface area contributed by atoms with E-state index in [-0.39, 0.29) is 34.4 Å². The van der Waals surface area contributed by atoms with Gasteiger partial charge in [0, 0.05) is 42.0 Å². The summed E-state index contributed by atoms with van der Waals surface area (Å²) in [5, 5.41) is 53.7. The third kappa shape index (κ3) is 4.11. The molecule has 2 aromatic rings. The Bertz CT molecular complexity index is 1380. The number of hydrogen-bond donors (Lipinski definition) is 6. The van der Waals surface area contributed by atoms with Crippen LogP contribution in [0.15, 0.2) is 18.2 Å². The fourth-order valence-corrected chi connectivity index (χ4v) is 5.75. The molecule has 1 saturated heterocycles. The number of ketones is 3. The van der Waals surface area contributed by atoms with Crippen molar-refractivity contribution in [2.45, 2.75) is 62.4 Å². The minimum absolute atomic E-state index is 0.0173. The van der Waals surface area contributed by atoms with Crippen molar-refractivity contribution in [3.63, 3.8) is 0 Å². The second kappa shape index (κ2) is 9.66. The number of ether oxygens (including phenoxy) is 3. The largest absolute Gasteiger partial charge is 0.507 e. The Morgan fingerprint density at radius 2 is 1.85 bits per heavy atom. The molecule has 0 aromatic heterocycles. The number of Topliss-reactive ketones (excluding diaryl/α,β-unsaturated/α-hetero) is 1. The molecule has 3 aliphatic rings. The number of benzene rings is 2. The lowest BCUT2D eigenvalue weighted by atomic mass is 9.72. The van der Waals surface area contributed by atoms with Gasteiger partial charge in [0.1, 0.15) is 29.5 Å². The summed E-state index contributed by atoms with van der Waals surface area (Å²) in [6.07, 6.45) is -5.12. The minimum atomic E-state index is -2.24. The lowest BCUT2D eigenvalue weighted by Gasteiger charge is -2.42. The zero-order valence-corrected chi connectivity index (χ0v) is 21.2. The second-order valence-corrected chi connectivity index (χ2v) is 10.2. The molecular formula is C27H29NO11. The second-order valence-electron chi connectivity index (χ2n) is 10.2. The Hall–Kier alpha value is -3.39. The van der Waals surface area contributed by atoms with Gasteiger partial charge in [-0.2, -0.15) is 0 Å². The molecule has 1 unspecified atom stereocenters. The van der Waals surface area contributed by atoms with Gasteiger partial charge >= 0.3 is 0 Å². The van der Waals surface area contributed by atoms with E-state index in [4.69, 9.17) is 19.9 Å². The van der Waals surface area contributed by atoms with Gasteiger partial charge in [-0.1, -0.05) is 12.1 Å². The summed E-state index contributed by atoms with van der Waals surface area (Å²) in [6, 6.07) is 3.64. The average Bonchev–Trinajstić information content (AvgIpc) is 2.90. The fraction of sp³-hybridized carbons (Fsp3) is 0.444. The number of aliphatic hydroxyl groups is 3. The van der Waals surface area contributed by atoms with Crippen LogP contribution in [0.5, 0.6) is 17.2 Å². The molecule has 2 aromatic carbocycles. The molecule has 0 bridgehead atoms. The van der Waals surface area contributed by atoms with Gasteiger partial charge in [-0.05, 0) is 13.0 Å². The topological polar surface area (TPSA) is 206 Å². The summed E-state index contributed by atoms with van der Waals surface area (Å²) in [7, 11) is 1.32. The van der Waals surface area contributed by atoms with E-state index >= 15 is 0 Å². The van der Waals surface area contributed by atoms with Gasteiger partial charge < -0.3 is 45.5 Å². The molecule has 39 heavy (non-hydrogen) atoms. The van der Waals surface area contributed by atoms with Crippen LogP contribution in [0.3, 0.4) is 0 Å². The number of carbonyl (C=O) groups excluding carboxylic acids is 3. The number of phenolic OH excluding ortho intramolecular Hbond substituents is 2.